The molecule has 0 radical (unpaired) electrons. The van der Waals surface area contributed by atoms with Crippen molar-refractivity contribution in [3.63, 3.8) is 0 Å². The molecule has 234 valence electrons. The van der Waals surface area contributed by atoms with Crippen LogP contribution < -0.4 is 0 Å². The average molecular weight is 619 g/mol. The molecule has 1 aliphatic heterocycles. The highest BCUT2D eigenvalue weighted by Gasteiger charge is 2.43. The van der Waals surface area contributed by atoms with Crippen molar-refractivity contribution in [2.75, 3.05) is 32.7 Å². The first-order valence-corrected chi connectivity index (χ1v) is 16.1. The number of benzene rings is 1. The van der Waals surface area contributed by atoms with Crippen LogP contribution in [0.3, 0.4) is 0 Å². The number of hydrogen-bond acceptors (Lipinski definition) is 6. The first kappa shape index (κ1) is 30.6. The third kappa shape index (κ3) is 6.79. The lowest BCUT2D eigenvalue weighted by molar-refractivity contribution is -0.140. The number of aryl methyl sites for hydroxylation is 3. The molecule has 0 spiro atoms. The van der Waals surface area contributed by atoms with Crippen molar-refractivity contribution in [2.24, 2.45) is 13.0 Å². The summed E-state index contributed by atoms with van der Waals surface area (Å²) in [4.78, 5) is 43.4. The summed E-state index contributed by atoms with van der Waals surface area (Å²) in [5.41, 5.74) is 4.98. The van der Waals surface area contributed by atoms with Crippen LogP contribution in [0.25, 0.3) is 0 Å². The van der Waals surface area contributed by atoms with Gasteiger partial charge < -0.3 is 14.2 Å². The number of fused-ring (bicyclic) bond motifs is 2. The minimum Gasteiger partial charge on any atom is -0.444 e. The van der Waals surface area contributed by atoms with Gasteiger partial charge in [-0.1, -0.05) is 23.7 Å². The number of nitrogens with zero attached hydrogens (tertiary/aromatic N) is 6. The molecule has 44 heavy (non-hydrogen) atoms. The van der Waals surface area contributed by atoms with E-state index in [0.29, 0.717) is 50.1 Å². The SMILES string of the molecule is Cn1cncc1CCN(CC1CC1)C(=O)[C@H]1CN([C@H]2c3ccc(Cl)cc3CCc3cccnc32)CCN1C(=O)OC(C)(C)C. The number of amides is 2. The van der Waals surface area contributed by atoms with Crippen LogP contribution in [-0.4, -0.2) is 85.6 Å². The van der Waals surface area contributed by atoms with E-state index in [-0.39, 0.29) is 11.9 Å². The van der Waals surface area contributed by atoms with E-state index in [1.165, 1.54) is 11.1 Å². The van der Waals surface area contributed by atoms with E-state index in [2.05, 4.69) is 28.1 Å². The highest BCUT2D eigenvalue weighted by atomic mass is 35.5. The van der Waals surface area contributed by atoms with Crippen molar-refractivity contribution in [1.82, 2.24) is 29.2 Å². The molecule has 10 heteroatoms. The predicted molar refractivity (Wildman–Crippen MR) is 169 cm³/mol. The van der Waals surface area contributed by atoms with Crippen LogP contribution in [0.2, 0.25) is 5.02 Å². The van der Waals surface area contributed by atoms with E-state index < -0.39 is 17.7 Å². The van der Waals surface area contributed by atoms with Gasteiger partial charge >= 0.3 is 6.09 Å². The molecule has 0 N–H and O–H groups in total. The van der Waals surface area contributed by atoms with E-state index in [9.17, 15) is 9.59 Å². The second-order valence-electron chi connectivity index (χ2n) is 13.5. The lowest BCUT2D eigenvalue weighted by Crippen LogP contribution is -2.62. The Labute approximate surface area is 265 Å². The minimum atomic E-state index is -0.685. The lowest BCUT2D eigenvalue weighted by atomic mass is 9.95. The van der Waals surface area contributed by atoms with Gasteiger partial charge in [0.05, 0.1) is 18.1 Å². The standard InChI is InChI=1S/C34H43ClN6O3/c1-34(2,3)44-33(43)41-17-16-39(31-28-12-11-26(35)18-25(28)10-9-24-6-5-14-37-30(24)31)21-29(41)32(42)40(20-23-7-8-23)15-13-27-19-36-22-38(27)4/h5-6,11-12,14,18-19,22-23,29,31H,7-10,13,15-17,20-21H2,1-4H3/t29-,31+/m1/s1. The highest BCUT2D eigenvalue weighted by Crippen LogP contribution is 2.38. The average Bonchev–Trinajstić information content (AvgIpc) is 3.74. The van der Waals surface area contributed by atoms with Gasteiger partial charge in [-0.05, 0) is 87.3 Å². The van der Waals surface area contributed by atoms with Crippen molar-refractivity contribution >= 4 is 23.6 Å². The number of ether oxygens (including phenoxy) is 1. The quantitative estimate of drug-likeness (QED) is 0.368. The van der Waals surface area contributed by atoms with Gasteiger partial charge in [-0.15, -0.1) is 0 Å². The van der Waals surface area contributed by atoms with E-state index in [1.54, 1.807) is 11.2 Å². The molecular weight excluding hydrogens is 576 g/mol. The van der Waals surface area contributed by atoms with Crippen LogP contribution in [0.4, 0.5) is 4.79 Å². The monoisotopic (exact) mass is 618 g/mol. The van der Waals surface area contributed by atoms with Crippen molar-refractivity contribution in [3.05, 3.63) is 82.2 Å². The number of carbonyl (C=O) groups excluding carboxylic acids is 2. The van der Waals surface area contributed by atoms with Gasteiger partial charge in [0.15, 0.2) is 0 Å². The summed E-state index contributed by atoms with van der Waals surface area (Å²) in [6, 6.07) is 9.42. The number of imidazole rings is 1. The first-order chi connectivity index (χ1) is 21.1. The van der Waals surface area contributed by atoms with Crippen molar-refractivity contribution in [1.29, 1.82) is 0 Å². The lowest BCUT2D eigenvalue weighted by Gasteiger charge is -2.45. The fourth-order valence-corrected chi connectivity index (χ4v) is 6.73. The fourth-order valence-electron chi connectivity index (χ4n) is 6.53. The Bertz CT molecular complexity index is 1510. The molecule has 2 atom stereocenters. The van der Waals surface area contributed by atoms with Crippen molar-refractivity contribution in [3.8, 4) is 0 Å². The Morgan fingerprint density at radius 2 is 1.91 bits per heavy atom. The second kappa shape index (κ2) is 12.5. The van der Waals surface area contributed by atoms with Crippen LogP contribution in [0.5, 0.6) is 0 Å². The maximum Gasteiger partial charge on any atom is 0.411 e. The minimum absolute atomic E-state index is 0.0270. The molecule has 6 rings (SSSR count). The van der Waals surface area contributed by atoms with Gasteiger partial charge in [0.2, 0.25) is 5.91 Å². The van der Waals surface area contributed by atoms with Gasteiger partial charge in [0.1, 0.15) is 11.6 Å². The molecule has 2 amide bonds. The summed E-state index contributed by atoms with van der Waals surface area (Å²) in [7, 11) is 1.97. The molecular formula is C34H43ClN6O3. The number of rotatable bonds is 7. The van der Waals surface area contributed by atoms with E-state index in [1.807, 2.05) is 61.8 Å². The van der Waals surface area contributed by atoms with Gasteiger partial charge in [-0.2, -0.15) is 0 Å². The van der Waals surface area contributed by atoms with E-state index in [4.69, 9.17) is 21.3 Å². The van der Waals surface area contributed by atoms with Crippen LogP contribution in [0, 0.1) is 5.92 Å². The zero-order chi connectivity index (χ0) is 31.0. The molecule has 9 nitrogen and oxygen atoms in total. The molecule has 2 fully saturated rings. The smallest absolute Gasteiger partial charge is 0.411 e. The number of carbonyl (C=O) groups is 2. The third-order valence-electron chi connectivity index (χ3n) is 8.98. The highest BCUT2D eigenvalue weighted by molar-refractivity contribution is 6.30. The molecule has 3 heterocycles. The number of piperazine rings is 1. The molecule has 0 bridgehead atoms. The van der Waals surface area contributed by atoms with Gasteiger partial charge in [0.25, 0.3) is 0 Å². The summed E-state index contributed by atoms with van der Waals surface area (Å²) in [5.74, 6) is 0.482. The molecule has 3 aliphatic rings. The summed E-state index contributed by atoms with van der Waals surface area (Å²) in [5, 5.41) is 0.716. The molecule has 1 saturated heterocycles. The zero-order valence-electron chi connectivity index (χ0n) is 26.2. The number of hydrogen-bond donors (Lipinski definition) is 0. The molecule has 3 aromatic rings. The predicted octanol–water partition coefficient (Wildman–Crippen LogP) is 5.06. The Kier molecular flexibility index (Phi) is 8.70. The van der Waals surface area contributed by atoms with Crippen LogP contribution in [0.15, 0.2) is 49.1 Å². The summed E-state index contributed by atoms with van der Waals surface area (Å²) >= 11 is 6.46. The Morgan fingerprint density at radius 1 is 1.11 bits per heavy atom. The fraction of sp³-hybridized carbons (Fsp3) is 0.529. The van der Waals surface area contributed by atoms with Gasteiger partial charge in [-0.3, -0.25) is 19.6 Å². The van der Waals surface area contributed by atoms with E-state index >= 15 is 0 Å². The van der Waals surface area contributed by atoms with Crippen molar-refractivity contribution < 1.29 is 14.3 Å². The van der Waals surface area contributed by atoms with E-state index in [0.717, 1.165) is 42.6 Å². The van der Waals surface area contributed by atoms with Crippen LogP contribution in [-0.2, 0) is 35.8 Å². The Hall–Kier alpha value is -3.43. The summed E-state index contributed by atoms with van der Waals surface area (Å²) < 4.78 is 7.85. The molecule has 1 saturated carbocycles. The van der Waals surface area contributed by atoms with Gasteiger partial charge in [0, 0.05) is 69.3 Å². The number of halogens is 1. The molecule has 2 aromatic heterocycles. The second-order valence-corrected chi connectivity index (χ2v) is 13.9. The first-order valence-electron chi connectivity index (χ1n) is 15.8. The van der Waals surface area contributed by atoms with Gasteiger partial charge in [-0.25, -0.2) is 9.78 Å². The number of aromatic nitrogens is 3. The van der Waals surface area contributed by atoms with Crippen LogP contribution in [0.1, 0.15) is 67.7 Å². The summed E-state index contributed by atoms with van der Waals surface area (Å²) in [6.07, 6.45) is 9.75. The topological polar surface area (TPSA) is 83.8 Å². The Balaban J connectivity index is 1.34. The van der Waals surface area contributed by atoms with Crippen molar-refractivity contribution in [2.45, 2.75) is 70.6 Å². The zero-order valence-corrected chi connectivity index (χ0v) is 27.0. The summed E-state index contributed by atoms with van der Waals surface area (Å²) in [6.45, 7) is 8.21. The maximum atomic E-state index is 14.6. The van der Waals surface area contributed by atoms with Crippen LogP contribution >= 0.6 is 11.6 Å². The molecule has 1 aromatic carbocycles. The number of pyridine rings is 1. The molecule has 0 unspecified atom stereocenters. The maximum absolute atomic E-state index is 14.6. The normalized spacial score (nSPS) is 20.4. The third-order valence-corrected chi connectivity index (χ3v) is 9.21. The largest absolute Gasteiger partial charge is 0.444 e. The Morgan fingerprint density at radius 3 is 2.64 bits per heavy atom. The molecule has 2 aliphatic carbocycles.